The summed E-state index contributed by atoms with van der Waals surface area (Å²) in [5, 5.41) is 0. The van der Waals surface area contributed by atoms with E-state index in [1.54, 1.807) is 12.1 Å². The van der Waals surface area contributed by atoms with E-state index in [0.29, 0.717) is 5.82 Å². The van der Waals surface area contributed by atoms with Crippen molar-refractivity contribution in [3.63, 3.8) is 0 Å². The average molecular weight is 261 g/mol. The number of hydrogen-bond acceptors (Lipinski definition) is 5. The van der Waals surface area contributed by atoms with E-state index in [1.807, 2.05) is 18.2 Å². The predicted molar refractivity (Wildman–Crippen MR) is 58.4 cm³/mol. The molecule has 0 atom stereocenters. The largest absolute Gasteiger partial charge is 0.289 e. The summed E-state index contributed by atoms with van der Waals surface area (Å²) in [6, 6.07) is 9.10. The van der Waals surface area contributed by atoms with Crippen LogP contribution >= 0.6 is 22.2 Å². The van der Waals surface area contributed by atoms with E-state index < -0.39 is 9.05 Å². The molecule has 0 saturated carbocycles. The maximum atomic E-state index is 11.0. The Labute approximate surface area is 95.1 Å². The van der Waals surface area contributed by atoms with Gasteiger partial charge < -0.3 is 0 Å². The van der Waals surface area contributed by atoms with Gasteiger partial charge in [-0.1, -0.05) is 30.3 Å². The topological polar surface area (TPSA) is 59.9 Å². The second kappa shape index (κ2) is 3.88. The van der Waals surface area contributed by atoms with Gasteiger partial charge in [0.15, 0.2) is 5.82 Å². The lowest BCUT2D eigenvalue weighted by Gasteiger charge is -1.91. The zero-order valence-corrected chi connectivity index (χ0v) is 9.68. The quantitative estimate of drug-likeness (QED) is 0.776. The number of rotatable bonds is 2. The van der Waals surface area contributed by atoms with Gasteiger partial charge in [-0.2, -0.15) is 4.37 Å². The van der Waals surface area contributed by atoms with Crippen LogP contribution in [0.4, 0.5) is 0 Å². The molecule has 0 N–H and O–H groups in total. The molecule has 7 heteroatoms. The summed E-state index contributed by atoms with van der Waals surface area (Å²) in [6.07, 6.45) is 0. The van der Waals surface area contributed by atoms with Crippen molar-refractivity contribution in [3.05, 3.63) is 30.3 Å². The lowest BCUT2D eigenvalue weighted by Crippen LogP contribution is -1.88. The fraction of sp³-hybridized carbons (Fsp3) is 0. The SMILES string of the molecule is O=S(=O)(Cl)c1nc(-c2ccccc2)ns1. The molecule has 0 radical (unpaired) electrons. The van der Waals surface area contributed by atoms with E-state index in [4.69, 9.17) is 10.7 Å². The Bertz CT molecular complexity index is 565. The minimum atomic E-state index is -3.77. The van der Waals surface area contributed by atoms with Crippen LogP contribution in [0.3, 0.4) is 0 Å². The fourth-order valence-electron chi connectivity index (χ4n) is 1.01. The van der Waals surface area contributed by atoms with Crippen LogP contribution in [0.1, 0.15) is 0 Å². The van der Waals surface area contributed by atoms with Gasteiger partial charge in [0.1, 0.15) is 0 Å². The van der Waals surface area contributed by atoms with Crippen LogP contribution in [0.2, 0.25) is 0 Å². The van der Waals surface area contributed by atoms with Crippen molar-refractivity contribution in [3.8, 4) is 11.4 Å². The molecule has 0 fully saturated rings. The van der Waals surface area contributed by atoms with Crippen LogP contribution in [0.15, 0.2) is 34.7 Å². The summed E-state index contributed by atoms with van der Waals surface area (Å²) in [7, 11) is 1.37. The molecule has 0 spiro atoms. The Morgan fingerprint density at radius 3 is 2.40 bits per heavy atom. The first kappa shape index (κ1) is 10.5. The Balaban J connectivity index is 2.46. The first-order valence-electron chi connectivity index (χ1n) is 3.91. The molecule has 0 aliphatic rings. The molecule has 0 aliphatic heterocycles. The van der Waals surface area contributed by atoms with Gasteiger partial charge in [-0.25, -0.2) is 13.4 Å². The van der Waals surface area contributed by atoms with Crippen LogP contribution in [0.5, 0.6) is 0 Å². The third-order valence-corrected chi connectivity index (χ3v) is 4.26. The summed E-state index contributed by atoms with van der Waals surface area (Å²) in [6.45, 7) is 0. The van der Waals surface area contributed by atoms with Crippen LogP contribution in [-0.2, 0) is 9.05 Å². The van der Waals surface area contributed by atoms with E-state index in [0.717, 1.165) is 17.1 Å². The molecule has 0 unspecified atom stereocenters. The highest BCUT2D eigenvalue weighted by molar-refractivity contribution is 8.14. The highest BCUT2D eigenvalue weighted by Crippen LogP contribution is 2.22. The van der Waals surface area contributed by atoms with Gasteiger partial charge in [0, 0.05) is 16.2 Å². The van der Waals surface area contributed by atoms with Crippen molar-refractivity contribution in [2.45, 2.75) is 4.34 Å². The molecule has 0 aliphatic carbocycles. The minimum Gasteiger partial charge on any atom is -0.204 e. The number of halogens is 1. The van der Waals surface area contributed by atoms with Crippen LogP contribution < -0.4 is 0 Å². The first-order chi connectivity index (χ1) is 7.07. The monoisotopic (exact) mass is 260 g/mol. The van der Waals surface area contributed by atoms with E-state index >= 15 is 0 Å². The normalized spacial score (nSPS) is 11.5. The summed E-state index contributed by atoms with van der Waals surface area (Å²) in [5.41, 5.74) is 0.764. The Morgan fingerprint density at radius 1 is 1.20 bits per heavy atom. The van der Waals surface area contributed by atoms with Gasteiger partial charge in [0.05, 0.1) is 0 Å². The Hall–Kier alpha value is -0.980. The van der Waals surface area contributed by atoms with Crippen molar-refractivity contribution in [2.75, 3.05) is 0 Å². The molecule has 78 valence electrons. The maximum Gasteiger partial charge on any atom is 0.289 e. The van der Waals surface area contributed by atoms with E-state index in [1.165, 1.54) is 0 Å². The summed E-state index contributed by atoms with van der Waals surface area (Å²) in [5.74, 6) is 0.375. The van der Waals surface area contributed by atoms with Crippen molar-refractivity contribution in [2.24, 2.45) is 0 Å². The molecule has 0 saturated heterocycles. The summed E-state index contributed by atoms with van der Waals surface area (Å²) < 4.78 is 25.6. The van der Waals surface area contributed by atoms with Gasteiger partial charge in [-0.15, -0.1) is 0 Å². The van der Waals surface area contributed by atoms with Gasteiger partial charge in [-0.3, -0.25) is 0 Å². The molecule has 0 amide bonds. The smallest absolute Gasteiger partial charge is 0.204 e. The highest BCUT2D eigenvalue weighted by atomic mass is 35.7. The Morgan fingerprint density at radius 2 is 1.87 bits per heavy atom. The van der Waals surface area contributed by atoms with E-state index in [9.17, 15) is 8.42 Å². The van der Waals surface area contributed by atoms with Crippen LogP contribution in [0, 0.1) is 0 Å². The molecule has 1 heterocycles. The number of hydrogen-bond donors (Lipinski definition) is 0. The number of aromatic nitrogens is 2. The predicted octanol–water partition coefficient (Wildman–Crippen LogP) is 2.13. The second-order valence-electron chi connectivity index (χ2n) is 2.69. The fourth-order valence-corrected chi connectivity index (χ4v) is 2.47. The van der Waals surface area contributed by atoms with Gasteiger partial charge >= 0.3 is 0 Å². The molecule has 0 bridgehead atoms. The third kappa shape index (κ3) is 2.34. The van der Waals surface area contributed by atoms with Gasteiger partial charge in [0.25, 0.3) is 9.05 Å². The maximum absolute atomic E-state index is 11.0. The van der Waals surface area contributed by atoms with Gasteiger partial charge in [-0.05, 0) is 11.5 Å². The zero-order chi connectivity index (χ0) is 10.9. The van der Waals surface area contributed by atoms with Crippen molar-refractivity contribution < 1.29 is 8.42 Å². The Kier molecular flexibility index (Phi) is 2.72. The second-order valence-corrected chi connectivity index (χ2v) is 6.18. The average Bonchev–Trinajstić information content (AvgIpc) is 2.67. The molecule has 1 aromatic carbocycles. The summed E-state index contributed by atoms with van der Waals surface area (Å²) in [4.78, 5) is 3.84. The van der Waals surface area contributed by atoms with Crippen molar-refractivity contribution in [1.29, 1.82) is 0 Å². The van der Waals surface area contributed by atoms with E-state index in [2.05, 4.69) is 9.36 Å². The highest BCUT2D eigenvalue weighted by Gasteiger charge is 2.17. The lowest BCUT2D eigenvalue weighted by atomic mass is 10.2. The first-order valence-corrected chi connectivity index (χ1v) is 6.99. The molecule has 15 heavy (non-hydrogen) atoms. The molecular formula is C8H5ClN2O2S2. The zero-order valence-electron chi connectivity index (χ0n) is 7.29. The standard InChI is InChI=1S/C8H5ClN2O2S2/c9-15(12,13)8-10-7(11-14-8)6-4-2-1-3-5-6/h1-5H. The molecule has 2 rings (SSSR count). The van der Waals surface area contributed by atoms with Crippen molar-refractivity contribution >= 4 is 31.3 Å². The molecule has 1 aromatic heterocycles. The minimum absolute atomic E-state index is 0.178. The molecular weight excluding hydrogens is 256 g/mol. The summed E-state index contributed by atoms with van der Waals surface area (Å²) >= 11 is 0.770. The number of benzene rings is 1. The molecule has 4 nitrogen and oxygen atoms in total. The van der Waals surface area contributed by atoms with E-state index in [-0.39, 0.29) is 4.34 Å². The van der Waals surface area contributed by atoms with Crippen LogP contribution in [-0.4, -0.2) is 17.8 Å². The van der Waals surface area contributed by atoms with Crippen molar-refractivity contribution in [1.82, 2.24) is 9.36 Å². The third-order valence-electron chi connectivity index (χ3n) is 1.65. The van der Waals surface area contributed by atoms with Crippen LogP contribution in [0.25, 0.3) is 11.4 Å². The lowest BCUT2D eigenvalue weighted by molar-refractivity contribution is 0.609. The van der Waals surface area contributed by atoms with Gasteiger partial charge in [0.2, 0.25) is 4.34 Å². The number of nitrogens with zero attached hydrogens (tertiary/aromatic N) is 2. The molecule has 2 aromatic rings.